The molecule has 0 aliphatic heterocycles. The number of methoxy groups -OCH3 is 4. The number of likely N-dealkylation sites (N-methyl/N-ethyl adjacent to an activating group) is 1. The summed E-state index contributed by atoms with van der Waals surface area (Å²) in [6, 6.07) is 5.74. The standard InChI is InChI=1S/C21H25FN2O8S/c1-6-24(33(27,28)19-9-13(22)7-8-16(19)29-2)12-20(25)23-15-11-18(31-4)17(30-3)10-14(15)21(26)32-5/h7-11H,6,12H2,1-5H3,(H,23,25). The lowest BCUT2D eigenvalue weighted by Gasteiger charge is -2.22. The molecule has 0 radical (unpaired) electrons. The molecule has 0 saturated carbocycles. The summed E-state index contributed by atoms with van der Waals surface area (Å²) in [5.74, 6) is -1.90. The topological polar surface area (TPSA) is 120 Å². The molecule has 0 atom stereocenters. The molecule has 0 aliphatic carbocycles. The van der Waals surface area contributed by atoms with Gasteiger partial charge < -0.3 is 24.3 Å². The van der Waals surface area contributed by atoms with Crippen LogP contribution in [-0.4, -0.2) is 66.1 Å². The number of carbonyl (C=O) groups is 2. The Labute approximate surface area is 191 Å². The quantitative estimate of drug-likeness (QED) is 0.510. The number of sulfonamides is 1. The second-order valence-electron chi connectivity index (χ2n) is 6.52. The maximum Gasteiger partial charge on any atom is 0.340 e. The third kappa shape index (κ3) is 5.71. The highest BCUT2D eigenvalue weighted by Crippen LogP contribution is 2.34. The third-order valence-electron chi connectivity index (χ3n) is 4.62. The zero-order valence-electron chi connectivity index (χ0n) is 18.8. The first-order valence-corrected chi connectivity index (χ1v) is 11.0. The van der Waals surface area contributed by atoms with Crippen molar-refractivity contribution in [3.8, 4) is 17.2 Å². The van der Waals surface area contributed by atoms with Gasteiger partial charge in [0.05, 0.1) is 46.2 Å². The number of amides is 1. The highest BCUT2D eigenvalue weighted by atomic mass is 32.2. The zero-order chi connectivity index (χ0) is 24.8. The summed E-state index contributed by atoms with van der Waals surface area (Å²) in [4.78, 5) is 24.5. The average Bonchev–Trinajstić information content (AvgIpc) is 2.81. The fourth-order valence-corrected chi connectivity index (χ4v) is 4.54. The van der Waals surface area contributed by atoms with E-state index in [0.717, 1.165) is 16.4 Å². The molecule has 0 fully saturated rings. The highest BCUT2D eigenvalue weighted by molar-refractivity contribution is 7.89. The van der Waals surface area contributed by atoms with Crippen molar-refractivity contribution in [2.75, 3.05) is 46.8 Å². The van der Waals surface area contributed by atoms with E-state index in [9.17, 15) is 22.4 Å². The van der Waals surface area contributed by atoms with Crippen molar-refractivity contribution < 1.29 is 41.3 Å². The van der Waals surface area contributed by atoms with Gasteiger partial charge in [-0.15, -0.1) is 0 Å². The molecule has 33 heavy (non-hydrogen) atoms. The number of hydrogen-bond acceptors (Lipinski definition) is 8. The molecule has 0 saturated heterocycles. The van der Waals surface area contributed by atoms with Crippen LogP contribution in [0.3, 0.4) is 0 Å². The predicted molar refractivity (Wildman–Crippen MR) is 117 cm³/mol. The van der Waals surface area contributed by atoms with Gasteiger partial charge in [0.1, 0.15) is 16.5 Å². The van der Waals surface area contributed by atoms with Crippen LogP contribution in [0.5, 0.6) is 17.2 Å². The molecule has 0 spiro atoms. The van der Waals surface area contributed by atoms with E-state index in [4.69, 9.17) is 18.9 Å². The molecule has 12 heteroatoms. The number of nitrogens with one attached hydrogen (secondary N) is 1. The van der Waals surface area contributed by atoms with E-state index in [2.05, 4.69) is 5.32 Å². The van der Waals surface area contributed by atoms with Gasteiger partial charge in [0.2, 0.25) is 15.9 Å². The Morgan fingerprint density at radius 2 is 1.58 bits per heavy atom. The molecule has 0 heterocycles. The number of ether oxygens (including phenoxy) is 4. The minimum Gasteiger partial charge on any atom is -0.495 e. The molecular formula is C21H25FN2O8S. The molecule has 0 aliphatic rings. The van der Waals surface area contributed by atoms with Gasteiger partial charge in [-0.3, -0.25) is 4.79 Å². The van der Waals surface area contributed by atoms with E-state index in [1.54, 1.807) is 0 Å². The predicted octanol–water partition coefficient (Wildman–Crippen LogP) is 2.29. The van der Waals surface area contributed by atoms with Gasteiger partial charge in [-0.1, -0.05) is 6.92 Å². The van der Waals surface area contributed by atoms with E-state index in [1.807, 2.05) is 0 Å². The number of rotatable bonds is 10. The summed E-state index contributed by atoms with van der Waals surface area (Å²) < 4.78 is 60.9. The van der Waals surface area contributed by atoms with E-state index in [1.165, 1.54) is 53.6 Å². The Morgan fingerprint density at radius 3 is 2.12 bits per heavy atom. The summed E-state index contributed by atoms with van der Waals surface area (Å²) in [7, 11) is 0.883. The van der Waals surface area contributed by atoms with Crippen molar-refractivity contribution in [2.24, 2.45) is 0 Å². The van der Waals surface area contributed by atoms with Crippen LogP contribution in [0.4, 0.5) is 10.1 Å². The molecule has 2 rings (SSSR count). The first-order valence-electron chi connectivity index (χ1n) is 9.60. The van der Waals surface area contributed by atoms with Crippen molar-refractivity contribution in [1.82, 2.24) is 4.31 Å². The number of anilines is 1. The maximum absolute atomic E-state index is 13.7. The van der Waals surface area contributed by atoms with Gasteiger partial charge >= 0.3 is 5.97 Å². The fourth-order valence-electron chi connectivity index (χ4n) is 2.97. The van der Waals surface area contributed by atoms with Crippen LogP contribution in [0.2, 0.25) is 0 Å². The lowest BCUT2D eigenvalue weighted by molar-refractivity contribution is -0.116. The third-order valence-corrected chi connectivity index (χ3v) is 6.56. The average molecular weight is 485 g/mol. The van der Waals surface area contributed by atoms with Crippen LogP contribution >= 0.6 is 0 Å². The first kappa shape index (κ1) is 25.9. The molecule has 2 aromatic rings. The van der Waals surface area contributed by atoms with E-state index in [0.29, 0.717) is 0 Å². The second-order valence-corrected chi connectivity index (χ2v) is 8.43. The van der Waals surface area contributed by atoms with Crippen molar-refractivity contribution in [2.45, 2.75) is 11.8 Å². The Kier molecular flexibility index (Phi) is 8.60. The molecule has 2 aromatic carbocycles. The Hall–Kier alpha value is -3.38. The zero-order valence-corrected chi connectivity index (χ0v) is 19.6. The maximum atomic E-state index is 13.7. The van der Waals surface area contributed by atoms with Gasteiger partial charge in [-0.25, -0.2) is 17.6 Å². The van der Waals surface area contributed by atoms with Crippen molar-refractivity contribution in [1.29, 1.82) is 0 Å². The highest BCUT2D eigenvalue weighted by Gasteiger charge is 2.29. The smallest absolute Gasteiger partial charge is 0.340 e. The van der Waals surface area contributed by atoms with Crippen LogP contribution in [-0.2, 0) is 19.6 Å². The number of esters is 1. The molecule has 1 N–H and O–H groups in total. The summed E-state index contributed by atoms with van der Waals surface area (Å²) in [6.07, 6.45) is 0. The Bertz CT molecular complexity index is 1140. The summed E-state index contributed by atoms with van der Waals surface area (Å²) in [5.41, 5.74) is 0.00231. The monoisotopic (exact) mass is 484 g/mol. The SMILES string of the molecule is CCN(CC(=O)Nc1cc(OC)c(OC)cc1C(=O)OC)S(=O)(=O)c1cc(F)ccc1OC. The van der Waals surface area contributed by atoms with Gasteiger partial charge in [-0.2, -0.15) is 4.31 Å². The van der Waals surface area contributed by atoms with E-state index >= 15 is 0 Å². The second kappa shape index (κ2) is 11.0. The minimum atomic E-state index is -4.29. The van der Waals surface area contributed by atoms with Crippen molar-refractivity contribution >= 4 is 27.6 Å². The molecule has 0 bridgehead atoms. The molecule has 1 amide bonds. The van der Waals surface area contributed by atoms with Crippen LogP contribution in [0, 0.1) is 5.82 Å². The van der Waals surface area contributed by atoms with Gasteiger partial charge in [0.25, 0.3) is 0 Å². The Morgan fingerprint density at radius 1 is 0.970 bits per heavy atom. The summed E-state index contributed by atoms with van der Waals surface area (Å²) >= 11 is 0. The molecule has 10 nitrogen and oxygen atoms in total. The number of hydrogen-bond donors (Lipinski definition) is 1. The van der Waals surface area contributed by atoms with Gasteiger partial charge in [0, 0.05) is 18.7 Å². The molecule has 0 unspecified atom stereocenters. The van der Waals surface area contributed by atoms with Gasteiger partial charge in [-0.05, 0) is 18.2 Å². The minimum absolute atomic E-state index is 0.0267. The van der Waals surface area contributed by atoms with Crippen LogP contribution in [0.15, 0.2) is 35.2 Å². The fraction of sp³-hybridized carbons (Fsp3) is 0.333. The number of nitrogens with zero attached hydrogens (tertiary/aromatic N) is 1. The van der Waals surface area contributed by atoms with E-state index < -0.39 is 39.2 Å². The largest absolute Gasteiger partial charge is 0.495 e. The molecule has 0 aromatic heterocycles. The normalized spacial score (nSPS) is 11.1. The van der Waals surface area contributed by atoms with E-state index in [-0.39, 0.29) is 35.0 Å². The van der Waals surface area contributed by atoms with Crippen LogP contribution in [0.1, 0.15) is 17.3 Å². The molecular weight excluding hydrogens is 459 g/mol. The lowest BCUT2D eigenvalue weighted by Crippen LogP contribution is -2.38. The van der Waals surface area contributed by atoms with Crippen molar-refractivity contribution in [3.05, 3.63) is 41.7 Å². The lowest BCUT2D eigenvalue weighted by atomic mass is 10.1. The van der Waals surface area contributed by atoms with Crippen molar-refractivity contribution in [3.63, 3.8) is 0 Å². The summed E-state index contributed by atoms with van der Waals surface area (Å²) in [5, 5.41) is 2.49. The number of halogens is 1. The molecule has 180 valence electrons. The summed E-state index contributed by atoms with van der Waals surface area (Å²) in [6.45, 7) is 0.811. The number of carbonyl (C=O) groups excluding carboxylic acids is 2. The van der Waals surface area contributed by atoms with Gasteiger partial charge in [0.15, 0.2) is 11.5 Å². The first-order chi connectivity index (χ1) is 15.6. The van der Waals surface area contributed by atoms with Crippen LogP contribution < -0.4 is 19.5 Å². The van der Waals surface area contributed by atoms with Crippen LogP contribution in [0.25, 0.3) is 0 Å². The number of benzene rings is 2. The Balaban J connectivity index is 2.38.